The molecule has 2 saturated heterocycles. The molecule has 4 aliphatic rings. The Morgan fingerprint density at radius 1 is 0.976 bits per heavy atom. The highest BCUT2D eigenvalue weighted by molar-refractivity contribution is 7.92. The highest BCUT2D eigenvalue weighted by Crippen LogP contribution is 2.54. The van der Waals surface area contributed by atoms with E-state index in [1.807, 2.05) is 11.0 Å². The second-order valence-corrected chi connectivity index (χ2v) is 13.8. The number of hydrogen-bond donors (Lipinski definition) is 3. The van der Waals surface area contributed by atoms with E-state index in [0.29, 0.717) is 34.0 Å². The van der Waals surface area contributed by atoms with Gasteiger partial charge in [-0.05, 0) is 85.8 Å². The molecule has 1 spiro atoms. The van der Waals surface area contributed by atoms with Gasteiger partial charge in [0.25, 0.3) is 11.8 Å². The summed E-state index contributed by atoms with van der Waals surface area (Å²) in [5.41, 5.74) is 3.96. The Bertz CT molecular complexity index is 1430. The first kappa shape index (κ1) is 28.1. The van der Waals surface area contributed by atoms with Crippen LogP contribution in [0.2, 0.25) is 0 Å². The third kappa shape index (κ3) is 6.13. The number of aryl methyl sites for hydroxylation is 1. The predicted octanol–water partition coefficient (Wildman–Crippen LogP) is 4.17. The second-order valence-electron chi connectivity index (χ2n) is 12.0. The molecule has 0 atom stereocenters. The third-order valence-electron chi connectivity index (χ3n) is 9.10. The monoisotopic (exact) mass is 589 g/mol. The van der Waals surface area contributed by atoms with Crippen molar-refractivity contribution in [2.75, 3.05) is 58.4 Å². The van der Waals surface area contributed by atoms with Gasteiger partial charge in [0.1, 0.15) is 11.6 Å². The number of anilines is 4. The van der Waals surface area contributed by atoms with E-state index in [4.69, 9.17) is 10.1 Å². The normalized spacial score (nSPS) is 21.0. The quantitative estimate of drug-likeness (QED) is 0.423. The van der Waals surface area contributed by atoms with Gasteiger partial charge in [-0.15, -0.1) is 0 Å². The Hall–Kier alpha value is -2.99. The van der Waals surface area contributed by atoms with Gasteiger partial charge < -0.3 is 20.2 Å². The molecule has 6 rings (SSSR count). The second kappa shape index (κ2) is 10.7. The molecule has 3 fully saturated rings. The van der Waals surface area contributed by atoms with Crippen LogP contribution in [0.5, 0.6) is 0 Å². The van der Waals surface area contributed by atoms with E-state index < -0.39 is 28.3 Å². The van der Waals surface area contributed by atoms with Gasteiger partial charge in [-0.2, -0.15) is 0 Å². The lowest BCUT2D eigenvalue weighted by Crippen LogP contribution is -2.40. The smallest absolute Gasteiger partial charge is 0.258 e. The number of sulfonamides is 1. The summed E-state index contributed by atoms with van der Waals surface area (Å²) in [6.45, 7) is 1.49. The summed E-state index contributed by atoms with van der Waals surface area (Å²) in [5.74, 6) is -2.37. The molecule has 0 radical (unpaired) electrons. The van der Waals surface area contributed by atoms with Gasteiger partial charge >= 0.3 is 0 Å². The molecule has 3 N–H and O–H groups in total. The average molecular weight is 590 g/mol. The number of rotatable bonds is 8. The van der Waals surface area contributed by atoms with E-state index in [2.05, 4.69) is 14.9 Å². The number of aliphatic hydroxyl groups is 1. The van der Waals surface area contributed by atoms with Gasteiger partial charge in [0.05, 0.1) is 29.3 Å². The lowest BCUT2D eigenvalue weighted by atomic mass is 9.93. The van der Waals surface area contributed by atoms with Crippen molar-refractivity contribution in [3.63, 3.8) is 0 Å². The number of aromatic nitrogens is 1. The predicted molar refractivity (Wildman–Crippen MR) is 155 cm³/mol. The van der Waals surface area contributed by atoms with Crippen LogP contribution in [0.1, 0.15) is 66.4 Å². The zero-order valence-electron chi connectivity index (χ0n) is 23.1. The largest absolute Gasteiger partial charge is 0.395 e. The molecule has 1 aromatic heterocycles. The number of alkyl halides is 2. The number of piperidine rings is 2. The van der Waals surface area contributed by atoms with Crippen molar-refractivity contribution >= 4 is 38.9 Å². The molecule has 2 aliphatic carbocycles. The number of fused-ring (bicyclic) bond motifs is 1. The highest BCUT2D eigenvalue weighted by Gasteiger charge is 2.44. The van der Waals surface area contributed by atoms with Crippen LogP contribution in [-0.4, -0.2) is 68.9 Å². The van der Waals surface area contributed by atoms with Gasteiger partial charge in [0.2, 0.25) is 10.0 Å². The first-order valence-corrected chi connectivity index (χ1v) is 16.2. The zero-order valence-corrected chi connectivity index (χ0v) is 23.9. The number of nitrogens with one attached hydrogen (secondary N) is 2. The van der Waals surface area contributed by atoms with E-state index in [1.165, 1.54) is 12.8 Å². The summed E-state index contributed by atoms with van der Waals surface area (Å²) < 4.78 is 54.8. The Morgan fingerprint density at radius 3 is 2.37 bits per heavy atom. The maximum absolute atomic E-state index is 13.8. The minimum Gasteiger partial charge on any atom is -0.395 e. The Labute approximate surface area is 239 Å². The Kier molecular flexibility index (Phi) is 7.34. The molecule has 1 saturated carbocycles. The van der Waals surface area contributed by atoms with Crippen LogP contribution in [0.4, 0.5) is 31.8 Å². The van der Waals surface area contributed by atoms with E-state index in [9.17, 15) is 22.0 Å². The maximum Gasteiger partial charge on any atom is 0.258 e. The molecule has 0 bridgehead atoms. The van der Waals surface area contributed by atoms with Gasteiger partial charge in [-0.25, -0.2) is 22.2 Å². The summed E-state index contributed by atoms with van der Waals surface area (Å²) in [6, 6.07) is 6.74. The van der Waals surface area contributed by atoms with Crippen molar-refractivity contribution in [3.8, 4) is 0 Å². The average Bonchev–Trinajstić information content (AvgIpc) is 3.50. The lowest BCUT2D eigenvalue weighted by molar-refractivity contribution is -0.0221. The van der Waals surface area contributed by atoms with Crippen molar-refractivity contribution in [2.24, 2.45) is 5.41 Å². The summed E-state index contributed by atoms with van der Waals surface area (Å²) in [4.78, 5) is 22.5. The van der Waals surface area contributed by atoms with Crippen molar-refractivity contribution < 1.29 is 27.1 Å². The molecule has 1 aromatic carbocycles. The van der Waals surface area contributed by atoms with Crippen molar-refractivity contribution in [3.05, 3.63) is 41.0 Å². The number of nitrogens with zero attached hydrogens (tertiary/aromatic N) is 3. The van der Waals surface area contributed by atoms with Crippen molar-refractivity contribution in [2.45, 2.75) is 63.7 Å². The van der Waals surface area contributed by atoms with E-state index in [1.54, 1.807) is 18.2 Å². The number of amides is 1. The molecule has 3 heterocycles. The van der Waals surface area contributed by atoms with Gasteiger partial charge in [-0.3, -0.25) is 9.52 Å². The molecular weight excluding hydrogens is 552 g/mol. The maximum atomic E-state index is 13.8. The molecule has 2 aliphatic heterocycles. The zero-order chi connectivity index (χ0) is 28.8. The molecule has 9 nitrogen and oxygen atoms in total. The van der Waals surface area contributed by atoms with Gasteiger partial charge in [0.15, 0.2) is 0 Å². The van der Waals surface area contributed by atoms with Gasteiger partial charge in [-0.1, -0.05) is 0 Å². The standard InChI is InChI=1S/C29H37F2N5O4S/c30-29(31)10-14-36(15-11-29)26-22-3-1-2-20(22)18-25(32-26)33-27(38)23-5-4-21(34-41(39,40)17-16-37)19-24(23)35-12-8-28(6-7-28)9-13-35/h4-5,18-19,34,37H,1-3,6-17H2,(H,32,33,38). The number of carbonyl (C=O) groups is 1. The Balaban J connectivity index is 1.28. The van der Waals surface area contributed by atoms with E-state index in [0.717, 1.165) is 56.3 Å². The third-order valence-corrected chi connectivity index (χ3v) is 10.4. The fourth-order valence-electron chi connectivity index (χ4n) is 6.41. The van der Waals surface area contributed by atoms with Gasteiger partial charge in [0, 0.05) is 39.0 Å². The number of hydrogen-bond acceptors (Lipinski definition) is 7. The van der Waals surface area contributed by atoms with E-state index >= 15 is 0 Å². The SMILES string of the molecule is O=C(Nc1cc2c(c(N3CCC(F)(F)CC3)n1)CCC2)c1ccc(NS(=O)(=O)CCO)cc1N1CCC2(CC1)CC2. The molecule has 0 unspecified atom stereocenters. The Morgan fingerprint density at radius 2 is 1.68 bits per heavy atom. The van der Waals surface area contributed by atoms with Crippen LogP contribution in [0.25, 0.3) is 0 Å². The summed E-state index contributed by atoms with van der Waals surface area (Å²) in [7, 11) is -3.73. The number of carbonyl (C=O) groups excluding carboxylic acids is 1. The first-order chi connectivity index (χ1) is 19.6. The number of pyridine rings is 1. The number of halogens is 2. The fourth-order valence-corrected chi connectivity index (χ4v) is 7.24. The van der Waals surface area contributed by atoms with Crippen LogP contribution in [0, 0.1) is 5.41 Å². The van der Waals surface area contributed by atoms with Crippen LogP contribution < -0.4 is 19.8 Å². The highest BCUT2D eigenvalue weighted by atomic mass is 32.2. The molecule has 12 heteroatoms. The van der Waals surface area contributed by atoms with E-state index in [-0.39, 0.29) is 31.8 Å². The molecular formula is C29H37F2N5O4S. The fraction of sp³-hybridized carbons (Fsp3) is 0.586. The lowest BCUT2D eigenvalue weighted by Gasteiger charge is -2.35. The molecule has 41 heavy (non-hydrogen) atoms. The summed E-state index contributed by atoms with van der Waals surface area (Å²) in [5, 5.41) is 12.1. The molecule has 222 valence electrons. The minimum atomic E-state index is -3.73. The minimum absolute atomic E-state index is 0.213. The van der Waals surface area contributed by atoms with Crippen LogP contribution in [0.15, 0.2) is 24.3 Å². The molecule has 2 aromatic rings. The number of aliphatic hydroxyl groups excluding tert-OH is 1. The number of benzene rings is 1. The molecule has 1 amide bonds. The van der Waals surface area contributed by atoms with Crippen LogP contribution in [0.3, 0.4) is 0 Å². The van der Waals surface area contributed by atoms with Crippen LogP contribution in [-0.2, 0) is 22.9 Å². The first-order valence-electron chi connectivity index (χ1n) is 14.5. The summed E-state index contributed by atoms with van der Waals surface area (Å²) in [6.07, 6.45) is 6.74. The van der Waals surface area contributed by atoms with Crippen LogP contribution >= 0.6 is 0 Å². The summed E-state index contributed by atoms with van der Waals surface area (Å²) >= 11 is 0. The topological polar surface area (TPSA) is 115 Å². The van der Waals surface area contributed by atoms with Crippen molar-refractivity contribution in [1.82, 2.24) is 4.98 Å². The van der Waals surface area contributed by atoms with Crippen molar-refractivity contribution in [1.29, 1.82) is 0 Å².